The van der Waals surface area contributed by atoms with E-state index in [0.717, 1.165) is 0 Å². The van der Waals surface area contributed by atoms with Crippen molar-refractivity contribution in [1.82, 2.24) is 19.9 Å². The average Bonchev–Trinajstić information content (AvgIpc) is 2.29. The molecule has 64 valence electrons. The van der Waals surface area contributed by atoms with Crippen LogP contribution in [0.3, 0.4) is 0 Å². The molecule has 4 N–H and O–H groups in total. The van der Waals surface area contributed by atoms with Gasteiger partial charge in [-0.1, -0.05) is 0 Å². The van der Waals surface area contributed by atoms with E-state index in [9.17, 15) is 14.4 Å². The molecule has 0 aliphatic carbocycles. The van der Waals surface area contributed by atoms with Gasteiger partial charge in [-0.05, 0) is 0 Å². The topological polar surface area (TPSA) is 114 Å². The Balaban J connectivity index is 0.000000845. The maximum Gasteiger partial charge on any atom is 1.00 e. The second-order valence-electron chi connectivity index (χ2n) is 2.24. The molecule has 0 amide bonds. The Morgan fingerprint density at radius 2 is 1.38 bits per heavy atom. The van der Waals surface area contributed by atoms with Gasteiger partial charge >= 0.3 is 30.2 Å². The summed E-state index contributed by atoms with van der Waals surface area (Å²) in [5.74, 6) is 0. The van der Waals surface area contributed by atoms with Gasteiger partial charge in [-0.3, -0.25) is 24.7 Å². The van der Waals surface area contributed by atoms with Crippen LogP contribution in [0.2, 0.25) is 0 Å². The van der Waals surface area contributed by atoms with Crippen molar-refractivity contribution < 1.29 is 20.3 Å². The van der Waals surface area contributed by atoms with E-state index in [4.69, 9.17) is 0 Å². The van der Waals surface area contributed by atoms with Gasteiger partial charge in [0.25, 0.3) is 5.56 Å². The van der Waals surface area contributed by atoms with Crippen molar-refractivity contribution in [3.63, 3.8) is 0 Å². The maximum atomic E-state index is 10.9. The van der Waals surface area contributed by atoms with Gasteiger partial charge in [0.2, 0.25) is 0 Å². The number of H-pyrrole nitrogens is 4. The first-order valence-electron chi connectivity index (χ1n) is 3.11. The SMILES string of the molecule is O=c1[nH]c(=O)c2[nH]c(=O)[nH]c2[nH]1.[H-].[Li+]. The molecule has 8 heteroatoms. The Hall–Kier alpha value is -1.45. The molecule has 0 fully saturated rings. The molecule has 13 heavy (non-hydrogen) atoms. The molecule has 0 saturated heterocycles. The van der Waals surface area contributed by atoms with E-state index in [1.54, 1.807) is 0 Å². The van der Waals surface area contributed by atoms with Crippen molar-refractivity contribution in [3.8, 4) is 0 Å². The number of fused-ring (bicyclic) bond motifs is 1. The zero-order valence-electron chi connectivity index (χ0n) is 7.72. The summed E-state index contributed by atoms with van der Waals surface area (Å²) in [5.41, 5.74) is -1.65. The molecular formula is C5H5LiN4O3. The van der Waals surface area contributed by atoms with Gasteiger partial charge < -0.3 is 1.43 Å². The molecule has 0 spiro atoms. The Bertz CT molecular complexity index is 593. The number of hydrogen-bond donors (Lipinski definition) is 4. The summed E-state index contributed by atoms with van der Waals surface area (Å²) in [6, 6.07) is 0. The van der Waals surface area contributed by atoms with Crippen LogP contribution >= 0.6 is 0 Å². The number of rotatable bonds is 0. The Morgan fingerprint density at radius 3 is 2.00 bits per heavy atom. The molecule has 0 atom stereocenters. The zero-order valence-corrected chi connectivity index (χ0v) is 6.72. The Kier molecular flexibility index (Phi) is 2.31. The third kappa shape index (κ3) is 1.52. The average molecular weight is 176 g/mol. The fourth-order valence-corrected chi connectivity index (χ4v) is 0.958. The minimum absolute atomic E-state index is 0. The summed E-state index contributed by atoms with van der Waals surface area (Å²) in [4.78, 5) is 41.0. The molecule has 2 heterocycles. The molecule has 0 aromatic carbocycles. The Morgan fingerprint density at radius 1 is 0.846 bits per heavy atom. The van der Waals surface area contributed by atoms with Gasteiger partial charge in [0, 0.05) is 0 Å². The minimum Gasteiger partial charge on any atom is -1.00 e. The fourth-order valence-electron chi connectivity index (χ4n) is 0.958. The van der Waals surface area contributed by atoms with Gasteiger partial charge in [0.05, 0.1) is 0 Å². The van der Waals surface area contributed by atoms with Crippen LogP contribution in [0.4, 0.5) is 0 Å². The van der Waals surface area contributed by atoms with Crippen LogP contribution in [0.5, 0.6) is 0 Å². The van der Waals surface area contributed by atoms with Gasteiger partial charge in [0.1, 0.15) is 11.2 Å². The number of aromatic nitrogens is 4. The van der Waals surface area contributed by atoms with E-state index in [-0.39, 0.29) is 31.5 Å². The van der Waals surface area contributed by atoms with Crippen molar-refractivity contribution in [1.29, 1.82) is 0 Å². The van der Waals surface area contributed by atoms with E-state index < -0.39 is 16.9 Å². The second-order valence-corrected chi connectivity index (χ2v) is 2.24. The molecule has 0 bridgehead atoms. The van der Waals surface area contributed by atoms with Crippen LogP contribution < -0.4 is 35.8 Å². The summed E-state index contributed by atoms with van der Waals surface area (Å²) in [7, 11) is 0. The summed E-state index contributed by atoms with van der Waals surface area (Å²) in [6.45, 7) is 0. The standard InChI is InChI=1S/C5H4N4O3.Li.H/c10-3-1-2(7-4(11)6-1)8-5(12)9-3;;/h(H4,6,7,8,9,10,11,12);;/q;+1;-1. The number of imidazole rings is 1. The van der Waals surface area contributed by atoms with Gasteiger partial charge in [0.15, 0.2) is 0 Å². The quantitative estimate of drug-likeness (QED) is 0.302. The van der Waals surface area contributed by atoms with Crippen molar-refractivity contribution >= 4 is 11.2 Å². The molecule has 7 nitrogen and oxygen atoms in total. The van der Waals surface area contributed by atoms with Crippen LogP contribution in [0.15, 0.2) is 14.4 Å². The summed E-state index contributed by atoms with van der Waals surface area (Å²) in [5, 5.41) is 0. The van der Waals surface area contributed by atoms with E-state index in [1.807, 2.05) is 4.98 Å². The first-order valence-corrected chi connectivity index (χ1v) is 3.11. The summed E-state index contributed by atoms with van der Waals surface area (Å²) >= 11 is 0. The van der Waals surface area contributed by atoms with Crippen molar-refractivity contribution in [2.45, 2.75) is 0 Å². The normalized spacial score (nSPS) is 9.85. The van der Waals surface area contributed by atoms with Gasteiger partial charge in [-0.25, -0.2) is 9.59 Å². The second kappa shape index (κ2) is 3.12. The molecule has 0 aliphatic heterocycles. The van der Waals surface area contributed by atoms with E-state index >= 15 is 0 Å². The van der Waals surface area contributed by atoms with Gasteiger partial charge in [-0.2, -0.15) is 0 Å². The van der Waals surface area contributed by atoms with Crippen LogP contribution in [-0.4, -0.2) is 19.9 Å². The van der Waals surface area contributed by atoms with E-state index in [1.165, 1.54) is 0 Å². The van der Waals surface area contributed by atoms with Crippen LogP contribution in [0.25, 0.3) is 11.2 Å². The van der Waals surface area contributed by atoms with Crippen molar-refractivity contribution in [2.24, 2.45) is 0 Å². The number of nitrogens with one attached hydrogen (secondary N) is 4. The smallest absolute Gasteiger partial charge is 1.00 e. The Labute approximate surface area is 83.2 Å². The fraction of sp³-hybridized carbons (Fsp3) is 0. The van der Waals surface area contributed by atoms with Crippen LogP contribution in [0.1, 0.15) is 1.43 Å². The maximum absolute atomic E-state index is 10.9. The zero-order chi connectivity index (χ0) is 8.72. The van der Waals surface area contributed by atoms with Crippen molar-refractivity contribution in [2.75, 3.05) is 0 Å². The molecule has 2 rings (SSSR count). The molecule has 0 radical (unpaired) electrons. The summed E-state index contributed by atoms with van der Waals surface area (Å²) < 4.78 is 0. The monoisotopic (exact) mass is 176 g/mol. The molecule has 2 aromatic heterocycles. The van der Waals surface area contributed by atoms with Crippen LogP contribution in [-0.2, 0) is 0 Å². The third-order valence-corrected chi connectivity index (χ3v) is 1.42. The first kappa shape index (κ1) is 9.63. The van der Waals surface area contributed by atoms with Crippen molar-refractivity contribution in [3.05, 3.63) is 31.3 Å². The molecule has 0 aliphatic rings. The largest absolute Gasteiger partial charge is 1.00 e. The van der Waals surface area contributed by atoms with Crippen LogP contribution in [0, 0.1) is 0 Å². The summed E-state index contributed by atoms with van der Waals surface area (Å²) in [6.07, 6.45) is 0. The molecule has 0 unspecified atom stereocenters. The number of hydrogen-bond acceptors (Lipinski definition) is 3. The minimum atomic E-state index is -0.650. The molecular weight excluding hydrogens is 171 g/mol. The van der Waals surface area contributed by atoms with Gasteiger partial charge in [-0.15, -0.1) is 0 Å². The van der Waals surface area contributed by atoms with E-state index in [2.05, 4.69) is 15.0 Å². The number of aromatic amines is 4. The molecule has 2 aromatic rings. The molecule has 0 saturated carbocycles. The third-order valence-electron chi connectivity index (χ3n) is 1.42. The van der Waals surface area contributed by atoms with E-state index in [0.29, 0.717) is 0 Å². The predicted octanol–water partition coefficient (Wildman–Crippen LogP) is -4.65. The first-order chi connectivity index (χ1) is 5.66. The predicted molar refractivity (Wildman–Crippen MR) is 41.3 cm³/mol.